The fourth-order valence-electron chi connectivity index (χ4n) is 6.97. The molecule has 1 aliphatic heterocycles. The van der Waals surface area contributed by atoms with Crippen LogP contribution in [0.2, 0.25) is 0 Å². The number of hydrogen-bond donors (Lipinski definition) is 5. The molecule has 2 amide bonds. The maximum Gasteiger partial charge on any atom is 0.258 e. The molecule has 222 valence electrons. The summed E-state index contributed by atoms with van der Waals surface area (Å²) in [5, 5.41) is 46.0. The lowest BCUT2D eigenvalue weighted by molar-refractivity contribution is -0.136. The zero-order valence-electron chi connectivity index (χ0n) is 24.2. The summed E-state index contributed by atoms with van der Waals surface area (Å²) in [6.07, 6.45) is 0.535. The molecular weight excluding hydrogens is 532 g/mol. The van der Waals surface area contributed by atoms with Gasteiger partial charge in [-0.2, -0.15) is 0 Å². The number of ether oxygens (including phenoxy) is 1. The summed E-state index contributed by atoms with van der Waals surface area (Å²) in [6, 6.07) is 0.641. The van der Waals surface area contributed by atoms with Gasteiger partial charge in [-0.1, -0.05) is 0 Å². The second kappa shape index (κ2) is 9.47. The highest BCUT2D eigenvalue weighted by molar-refractivity contribution is 6.22. The Bertz CT molecular complexity index is 1430. The smallest absolute Gasteiger partial charge is 0.258 e. The molecule has 0 spiro atoms. The van der Waals surface area contributed by atoms with Gasteiger partial charge in [0.25, 0.3) is 11.8 Å². The van der Waals surface area contributed by atoms with E-state index in [2.05, 4.69) is 0 Å². The average molecular weight is 571 g/mol. The van der Waals surface area contributed by atoms with Gasteiger partial charge in [0.1, 0.15) is 22.8 Å². The van der Waals surface area contributed by atoms with Crippen molar-refractivity contribution in [3.8, 4) is 5.75 Å². The van der Waals surface area contributed by atoms with Gasteiger partial charge in [-0.05, 0) is 57.0 Å². The number of hydrogen-bond acceptors (Lipinski definition) is 10. The van der Waals surface area contributed by atoms with E-state index in [4.69, 9.17) is 10.5 Å². The first-order valence-electron chi connectivity index (χ1n) is 13.6. The molecule has 1 aromatic carbocycles. The van der Waals surface area contributed by atoms with Gasteiger partial charge in [-0.15, -0.1) is 0 Å². The molecule has 4 atom stereocenters. The van der Waals surface area contributed by atoms with Crippen LogP contribution in [0.4, 0.5) is 5.69 Å². The van der Waals surface area contributed by atoms with E-state index in [9.17, 15) is 34.8 Å². The summed E-state index contributed by atoms with van der Waals surface area (Å²) < 4.78 is 5.31. The number of fused-ring (bicyclic) bond motifs is 3. The van der Waals surface area contributed by atoms with Crippen LogP contribution in [0.15, 0.2) is 28.7 Å². The van der Waals surface area contributed by atoms with E-state index in [1.165, 1.54) is 0 Å². The van der Waals surface area contributed by atoms with Crippen molar-refractivity contribution in [1.29, 1.82) is 0 Å². The maximum absolute atomic E-state index is 13.6. The van der Waals surface area contributed by atoms with Crippen LogP contribution in [0.25, 0.3) is 0 Å². The van der Waals surface area contributed by atoms with Crippen LogP contribution in [-0.4, -0.2) is 113 Å². The summed E-state index contributed by atoms with van der Waals surface area (Å²) in [6.45, 7) is 2.66. The molecule has 12 heteroatoms. The number of allylic oxidation sites excluding steroid dienone is 1. The van der Waals surface area contributed by atoms with Crippen molar-refractivity contribution in [1.82, 2.24) is 9.80 Å². The van der Waals surface area contributed by atoms with Crippen molar-refractivity contribution in [3.63, 3.8) is 0 Å². The van der Waals surface area contributed by atoms with E-state index in [1.807, 2.05) is 25.9 Å². The fourth-order valence-corrected chi connectivity index (χ4v) is 6.97. The van der Waals surface area contributed by atoms with Crippen LogP contribution >= 0.6 is 0 Å². The zero-order chi connectivity index (χ0) is 30.3. The summed E-state index contributed by atoms with van der Waals surface area (Å²) in [7, 11) is 8.57. The molecular formula is C29H38N4O8. The average Bonchev–Trinajstić information content (AvgIpc) is 2.87. The first kappa shape index (κ1) is 28.9. The number of aliphatic hydroxyl groups is 3. The molecule has 41 heavy (non-hydrogen) atoms. The molecule has 12 nitrogen and oxygen atoms in total. The Hall–Kier alpha value is -3.61. The highest BCUT2D eigenvalue weighted by atomic mass is 16.5. The third-order valence-corrected chi connectivity index (χ3v) is 9.50. The van der Waals surface area contributed by atoms with E-state index in [-0.39, 0.29) is 36.0 Å². The second-order valence-corrected chi connectivity index (χ2v) is 12.4. The number of ketones is 1. The number of nitrogens with two attached hydrogens (primary N) is 1. The molecule has 1 fully saturated rings. The van der Waals surface area contributed by atoms with Crippen molar-refractivity contribution in [2.24, 2.45) is 17.6 Å². The molecule has 1 heterocycles. The number of aromatic hydroxyl groups is 1. The highest BCUT2D eigenvalue weighted by Gasteiger charge is 2.61. The molecule has 0 saturated carbocycles. The largest absolute Gasteiger partial charge is 0.509 e. The minimum absolute atomic E-state index is 0.0154. The Kier molecular flexibility index (Phi) is 6.67. The Morgan fingerprint density at radius 2 is 1.68 bits per heavy atom. The number of phenols is 1. The SMILES string of the molecule is CN(C)c1cc(C(=O)N(C)C2(C)COC2)c(O)c2c1C[C@H]1C[C@H]3[C@H](N(C)C)C(=O)C(C(N)=O)=C(O)[C@@]3(O)C(O)=C1C2. The van der Waals surface area contributed by atoms with Gasteiger partial charge in [0, 0.05) is 44.7 Å². The number of likely N-dealkylation sites (N-methyl/N-ethyl adjacent to an activating group) is 2. The number of carbonyl (C=O) groups is 3. The molecule has 0 unspecified atom stereocenters. The lowest BCUT2D eigenvalue weighted by atomic mass is 9.59. The number of amides is 2. The topological polar surface area (TPSA) is 177 Å². The number of carbonyl (C=O) groups excluding carboxylic acids is 3. The van der Waals surface area contributed by atoms with Crippen molar-refractivity contribution in [3.05, 3.63) is 45.4 Å². The van der Waals surface area contributed by atoms with Crippen molar-refractivity contribution < 1.29 is 39.5 Å². The number of phenolic OH excluding ortho intramolecular Hbond substituents is 1. The minimum atomic E-state index is -2.43. The molecule has 3 aliphatic carbocycles. The Morgan fingerprint density at radius 1 is 1.05 bits per heavy atom. The number of Topliss-reactive ketones (excluding diaryl/α,β-unsaturated/α-hetero) is 1. The van der Waals surface area contributed by atoms with E-state index in [0.29, 0.717) is 30.8 Å². The number of anilines is 1. The standard InChI is InChI=1S/C29H38N4O8/c1-28(11-41-12-28)33(6)27(39)17-10-19(31(2)3)15-7-13-8-18-21(32(4)5)23(35)20(26(30)38)25(37)29(18,40)24(36)14(13)9-16(15)22(17)34/h10,13,18,21,34,36-37,40H,7-9,11-12H2,1-6H3,(H2,30,38)/t13-,18-,21-,29-/m0/s1. The van der Waals surface area contributed by atoms with Gasteiger partial charge < -0.3 is 40.7 Å². The first-order chi connectivity index (χ1) is 19.1. The van der Waals surface area contributed by atoms with Gasteiger partial charge in [0.15, 0.2) is 11.4 Å². The molecule has 1 aromatic rings. The highest BCUT2D eigenvalue weighted by Crippen LogP contribution is 2.54. The van der Waals surface area contributed by atoms with E-state index in [1.54, 1.807) is 37.0 Å². The minimum Gasteiger partial charge on any atom is -0.509 e. The van der Waals surface area contributed by atoms with Crippen molar-refractivity contribution >= 4 is 23.3 Å². The van der Waals surface area contributed by atoms with Gasteiger partial charge in [-0.3, -0.25) is 19.3 Å². The third-order valence-electron chi connectivity index (χ3n) is 9.50. The van der Waals surface area contributed by atoms with E-state index in [0.717, 1.165) is 11.3 Å². The quantitative estimate of drug-likeness (QED) is 0.312. The molecule has 0 aromatic heterocycles. The van der Waals surface area contributed by atoms with Crippen LogP contribution in [0.1, 0.15) is 34.8 Å². The number of nitrogens with zero attached hydrogens (tertiary/aromatic N) is 3. The van der Waals surface area contributed by atoms with Gasteiger partial charge in [0.2, 0.25) is 0 Å². The lowest BCUT2D eigenvalue weighted by Gasteiger charge is -2.51. The second-order valence-electron chi connectivity index (χ2n) is 12.4. The van der Waals surface area contributed by atoms with Crippen LogP contribution in [-0.2, 0) is 27.2 Å². The lowest BCUT2D eigenvalue weighted by Crippen LogP contribution is -2.62. The van der Waals surface area contributed by atoms with Crippen LogP contribution < -0.4 is 10.6 Å². The molecule has 0 bridgehead atoms. The number of benzene rings is 1. The summed E-state index contributed by atoms with van der Waals surface area (Å²) in [5.74, 6) is -5.38. The van der Waals surface area contributed by atoms with Crippen LogP contribution in [0.3, 0.4) is 0 Å². The molecule has 4 aliphatic rings. The normalized spacial score (nSPS) is 28.5. The van der Waals surface area contributed by atoms with Gasteiger partial charge >= 0.3 is 0 Å². The Morgan fingerprint density at radius 3 is 2.20 bits per heavy atom. The number of aliphatic hydroxyl groups excluding tert-OH is 2. The van der Waals surface area contributed by atoms with Crippen molar-refractivity contribution in [2.75, 3.05) is 53.4 Å². The number of rotatable bonds is 5. The maximum atomic E-state index is 13.6. The van der Waals surface area contributed by atoms with Crippen molar-refractivity contribution in [2.45, 2.75) is 43.4 Å². The summed E-state index contributed by atoms with van der Waals surface area (Å²) in [4.78, 5) is 44.0. The summed E-state index contributed by atoms with van der Waals surface area (Å²) >= 11 is 0. The monoisotopic (exact) mass is 570 g/mol. The zero-order valence-corrected chi connectivity index (χ0v) is 24.2. The third kappa shape index (κ3) is 3.95. The molecule has 0 radical (unpaired) electrons. The predicted octanol–water partition coefficient (Wildman–Crippen LogP) is 0.407. The predicted molar refractivity (Wildman–Crippen MR) is 149 cm³/mol. The molecule has 6 N–H and O–H groups in total. The Balaban J connectivity index is 1.67. The molecule has 1 saturated heterocycles. The van der Waals surface area contributed by atoms with Crippen LogP contribution in [0, 0.1) is 11.8 Å². The first-order valence-corrected chi connectivity index (χ1v) is 13.6. The summed E-state index contributed by atoms with van der Waals surface area (Å²) in [5.41, 5.74) is 4.15. The van der Waals surface area contributed by atoms with Gasteiger partial charge in [-0.25, -0.2) is 0 Å². The number of primary amides is 1. The molecule has 5 rings (SSSR count). The van der Waals surface area contributed by atoms with E-state index < -0.39 is 51.9 Å². The van der Waals surface area contributed by atoms with Gasteiger partial charge in [0.05, 0.1) is 30.4 Å². The van der Waals surface area contributed by atoms with Crippen LogP contribution in [0.5, 0.6) is 5.75 Å². The Labute approximate surface area is 238 Å². The van der Waals surface area contributed by atoms with E-state index >= 15 is 0 Å². The fraction of sp³-hybridized carbons (Fsp3) is 0.552.